The number of rotatable bonds is 1. The number of anilines is 1. The summed E-state index contributed by atoms with van der Waals surface area (Å²) in [7, 11) is 0. The fourth-order valence-corrected chi connectivity index (χ4v) is 2.36. The van der Waals surface area contributed by atoms with Gasteiger partial charge in [0, 0.05) is 32.4 Å². The number of fused-ring (bicyclic) bond motifs is 1. The molecule has 1 fully saturated rings. The van der Waals surface area contributed by atoms with Crippen LogP contribution >= 0.6 is 0 Å². The van der Waals surface area contributed by atoms with Crippen molar-refractivity contribution in [2.75, 3.05) is 31.1 Å². The Morgan fingerprint density at radius 3 is 2.88 bits per heavy atom. The van der Waals surface area contributed by atoms with Crippen LogP contribution in [0.25, 0.3) is 0 Å². The molecule has 0 unspecified atom stereocenters. The maximum absolute atomic E-state index is 4.64. The number of hydrogen-bond acceptors (Lipinski definition) is 4. The summed E-state index contributed by atoms with van der Waals surface area (Å²) in [5.41, 5.74) is 0. The molecule has 0 saturated carbocycles. The van der Waals surface area contributed by atoms with Crippen LogP contribution in [0.3, 0.4) is 0 Å². The van der Waals surface area contributed by atoms with Crippen molar-refractivity contribution in [3.63, 3.8) is 0 Å². The fraction of sp³-hybridized carbons (Fsp3) is 0.500. The third kappa shape index (κ3) is 1.64. The number of aromatic nitrogens is 1. The summed E-state index contributed by atoms with van der Waals surface area (Å²) in [6.45, 7) is 4.27. The van der Waals surface area contributed by atoms with Gasteiger partial charge in [-0.2, -0.15) is 0 Å². The molecule has 4 nitrogen and oxygen atoms in total. The summed E-state index contributed by atoms with van der Waals surface area (Å²) in [6, 6.07) is 6.04. The molecule has 0 spiro atoms. The van der Waals surface area contributed by atoms with E-state index in [4.69, 9.17) is 0 Å². The van der Waals surface area contributed by atoms with Crippen molar-refractivity contribution < 1.29 is 0 Å². The molecule has 0 N–H and O–H groups in total. The van der Waals surface area contributed by atoms with Crippen molar-refractivity contribution in [2.24, 2.45) is 4.99 Å². The second-order valence-electron chi connectivity index (χ2n) is 4.22. The summed E-state index contributed by atoms with van der Waals surface area (Å²) >= 11 is 0. The van der Waals surface area contributed by atoms with E-state index in [1.165, 1.54) is 12.8 Å². The topological polar surface area (TPSA) is 31.7 Å². The van der Waals surface area contributed by atoms with Gasteiger partial charge in [0.2, 0.25) is 5.96 Å². The van der Waals surface area contributed by atoms with Crippen molar-refractivity contribution in [3.05, 3.63) is 24.4 Å². The van der Waals surface area contributed by atoms with E-state index < -0.39 is 0 Å². The van der Waals surface area contributed by atoms with E-state index in [9.17, 15) is 0 Å². The Morgan fingerprint density at radius 1 is 1.06 bits per heavy atom. The van der Waals surface area contributed by atoms with E-state index in [-0.39, 0.29) is 0 Å². The molecule has 1 aromatic heterocycles. The van der Waals surface area contributed by atoms with Crippen LogP contribution in [0, 0.1) is 0 Å². The highest BCUT2D eigenvalue weighted by molar-refractivity contribution is 5.96. The monoisotopic (exact) mass is 216 g/mol. The van der Waals surface area contributed by atoms with E-state index in [0.29, 0.717) is 0 Å². The SMILES string of the molecule is c1ccc(N2CCCN3CCCN=C32)nc1. The minimum absolute atomic E-state index is 0.954. The zero-order valence-electron chi connectivity index (χ0n) is 9.34. The lowest BCUT2D eigenvalue weighted by Gasteiger charge is -2.40. The Kier molecular flexibility index (Phi) is 2.48. The van der Waals surface area contributed by atoms with Gasteiger partial charge in [-0.25, -0.2) is 4.98 Å². The Hall–Kier alpha value is -1.58. The highest BCUT2D eigenvalue weighted by Gasteiger charge is 2.26. The Labute approximate surface area is 95.6 Å². The standard InChI is InChI=1S/C12H16N4/c1-2-6-13-11(5-1)16-10-4-9-15-8-3-7-14-12(15)16/h1-2,5-6H,3-4,7-10H2. The van der Waals surface area contributed by atoms with Crippen LogP contribution in [0.15, 0.2) is 29.4 Å². The van der Waals surface area contributed by atoms with Crippen LogP contribution in [0.4, 0.5) is 5.82 Å². The van der Waals surface area contributed by atoms with Gasteiger partial charge < -0.3 is 4.90 Å². The molecule has 0 radical (unpaired) electrons. The molecule has 2 aliphatic heterocycles. The predicted octanol–water partition coefficient (Wildman–Crippen LogP) is 1.35. The molecule has 0 bridgehead atoms. The molecular formula is C12H16N4. The van der Waals surface area contributed by atoms with Crippen LogP contribution in [0.5, 0.6) is 0 Å². The van der Waals surface area contributed by atoms with Crippen molar-refractivity contribution in [3.8, 4) is 0 Å². The van der Waals surface area contributed by atoms with Crippen molar-refractivity contribution in [1.29, 1.82) is 0 Å². The van der Waals surface area contributed by atoms with Gasteiger partial charge in [-0.15, -0.1) is 0 Å². The van der Waals surface area contributed by atoms with Gasteiger partial charge in [-0.3, -0.25) is 9.89 Å². The molecule has 84 valence electrons. The van der Waals surface area contributed by atoms with Gasteiger partial charge in [0.1, 0.15) is 5.82 Å². The number of aliphatic imine (C=N–C) groups is 1. The molecule has 3 heterocycles. The van der Waals surface area contributed by atoms with Crippen LogP contribution in [-0.2, 0) is 0 Å². The molecule has 0 amide bonds. The minimum Gasteiger partial charge on any atom is -0.342 e. The quantitative estimate of drug-likeness (QED) is 0.710. The summed E-state index contributed by atoms with van der Waals surface area (Å²) < 4.78 is 0. The Balaban J connectivity index is 1.92. The normalized spacial score (nSPS) is 20.4. The third-order valence-electron chi connectivity index (χ3n) is 3.10. The lowest BCUT2D eigenvalue weighted by atomic mass is 10.2. The maximum atomic E-state index is 4.64. The molecule has 2 aliphatic rings. The largest absolute Gasteiger partial charge is 0.342 e. The van der Waals surface area contributed by atoms with Crippen molar-refractivity contribution in [2.45, 2.75) is 12.8 Å². The van der Waals surface area contributed by atoms with Crippen molar-refractivity contribution in [1.82, 2.24) is 9.88 Å². The second-order valence-corrected chi connectivity index (χ2v) is 4.22. The van der Waals surface area contributed by atoms with Crippen LogP contribution < -0.4 is 4.90 Å². The molecule has 3 rings (SSSR count). The number of pyridine rings is 1. The van der Waals surface area contributed by atoms with Gasteiger partial charge in [0.05, 0.1) is 0 Å². The second kappa shape index (κ2) is 4.12. The molecule has 4 heteroatoms. The Morgan fingerprint density at radius 2 is 2.00 bits per heavy atom. The zero-order valence-corrected chi connectivity index (χ0v) is 9.34. The molecule has 0 aliphatic carbocycles. The molecule has 16 heavy (non-hydrogen) atoms. The Bertz CT molecular complexity index is 387. The minimum atomic E-state index is 0.954. The molecule has 1 saturated heterocycles. The maximum Gasteiger partial charge on any atom is 0.202 e. The summed E-state index contributed by atoms with van der Waals surface area (Å²) in [4.78, 5) is 13.7. The number of nitrogens with zero attached hydrogens (tertiary/aromatic N) is 4. The van der Waals surface area contributed by atoms with Gasteiger partial charge in [0.15, 0.2) is 0 Å². The van der Waals surface area contributed by atoms with Gasteiger partial charge >= 0.3 is 0 Å². The smallest absolute Gasteiger partial charge is 0.202 e. The molecule has 1 aromatic rings. The first kappa shape index (κ1) is 9.63. The lowest BCUT2D eigenvalue weighted by molar-refractivity contribution is 0.359. The van der Waals surface area contributed by atoms with E-state index in [1.807, 2.05) is 18.3 Å². The predicted molar refractivity (Wildman–Crippen MR) is 64.7 cm³/mol. The molecule has 0 atom stereocenters. The average molecular weight is 216 g/mol. The summed E-state index contributed by atoms with van der Waals surface area (Å²) in [5, 5.41) is 0. The van der Waals surface area contributed by atoms with Gasteiger partial charge in [-0.05, 0) is 25.0 Å². The van der Waals surface area contributed by atoms with Crippen LogP contribution in [-0.4, -0.2) is 42.0 Å². The first-order chi connectivity index (χ1) is 7.95. The third-order valence-corrected chi connectivity index (χ3v) is 3.10. The first-order valence-electron chi connectivity index (χ1n) is 5.93. The highest BCUT2D eigenvalue weighted by atomic mass is 15.4. The fourth-order valence-electron chi connectivity index (χ4n) is 2.36. The van der Waals surface area contributed by atoms with Gasteiger partial charge in [-0.1, -0.05) is 6.07 Å². The number of hydrogen-bond donors (Lipinski definition) is 0. The van der Waals surface area contributed by atoms with Gasteiger partial charge in [0.25, 0.3) is 0 Å². The number of guanidine groups is 1. The van der Waals surface area contributed by atoms with E-state index in [0.717, 1.165) is 38.0 Å². The van der Waals surface area contributed by atoms with E-state index >= 15 is 0 Å². The highest BCUT2D eigenvalue weighted by Crippen LogP contribution is 2.19. The lowest BCUT2D eigenvalue weighted by Crippen LogP contribution is -2.52. The molecule has 0 aromatic carbocycles. The molecular weight excluding hydrogens is 200 g/mol. The van der Waals surface area contributed by atoms with Crippen LogP contribution in [0.2, 0.25) is 0 Å². The summed E-state index contributed by atoms with van der Waals surface area (Å²) in [5.74, 6) is 2.14. The average Bonchev–Trinajstić information content (AvgIpc) is 2.39. The van der Waals surface area contributed by atoms with Crippen molar-refractivity contribution >= 4 is 11.8 Å². The summed E-state index contributed by atoms with van der Waals surface area (Å²) in [6.07, 6.45) is 4.22. The van der Waals surface area contributed by atoms with E-state index in [2.05, 4.69) is 25.8 Å². The van der Waals surface area contributed by atoms with E-state index in [1.54, 1.807) is 0 Å². The zero-order chi connectivity index (χ0) is 10.8. The first-order valence-corrected chi connectivity index (χ1v) is 5.93. The van der Waals surface area contributed by atoms with Crippen LogP contribution in [0.1, 0.15) is 12.8 Å².